The molecule has 0 spiro atoms. The molecule has 1 aromatic carbocycles. The van der Waals surface area contributed by atoms with E-state index in [1.807, 2.05) is 31.4 Å². The van der Waals surface area contributed by atoms with Crippen molar-refractivity contribution in [2.75, 3.05) is 17.3 Å². The number of carbonyl (C=O) groups is 1. The van der Waals surface area contributed by atoms with Gasteiger partial charge in [0.25, 0.3) is 0 Å². The van der Waals surface area contributed by atoms with Crippen LogP contribution in [0.3, 0.4) is 0 Å². The zero-order valence-corrected chi connectivity index (χ0v) is 12.8. The van der Waals surface area contributed by atoms with E-state index in [1.54, 1.807) is 11.8 Å². The van der Waals surface area contributed by atoms with E-state index in [1.165, 1.54) is 6.39 Å². The molecule has 0 unspecified atom stereocenters. The van der Waals surface area contributed by atoms with Crippen LogP contribution < -0.4 is 11.1 Å². The number of aryl methyl sites for hydroxylation is 1. The number of hydrogen-bond acceptors (Lipinski definition) is 6. The van der Waals surface area contributed by atoms with E-state index >= 15 is 0 Å². The summed E-state index contributed by atoms with van der Waals surface area (Å²) in [6.07, 6.45) is 3.93. The topological polar surface area (TPSA) is 94.0 Å². The Kier molecular flexibility index (Phi) is 5.35. The zero-order chi connectivity index (χ0) is 15.2. The second-order valence-corrected chi connectivity index (χ2v) is 5.64. The molecule has 2 aromatic rings. The number of carbonyl (C=O) groups excluding carboxylic acids is 1. The number of amides is 1. The summed E-state index contributed by atoms with van der Waals surface area (Å²) in [5.41, 5.74) is 8.32. The molecular weight excluding hydrogens is 288 g/mol. The highest BCUT2D eigenvalue weighted by Gasteiger charge is 2.14. The molecule has 0 aliphatic carbocycles. The number of nitrogens with two attached hydrogens (primary N) is 1. The van der Waals surface area contributed by atoms with Crippen molar-refractivity contribution in [2.24, 2.45) is 5.73 Å². The monoisotopic (exact) mass is 306 g/mol. The summed E-state index contributed by atoms with van der Waals surface area (Å²) in [7, 11) is 0. The first-order chi connectivity index (χ1) is 10.1. The summed E-state index contributed by atoms with van der Waals surface area (Å²) >= 11 is 1.67. The van der Waals surface area contributed by atoms with Gasteiger partial charge in [0.1, 0.15) is 0 Å². The van der Waals surface area contributed by atoms with Crippen molar-refractivity contribution >= 4 is 23.4 Å². The number of nitrogens with one attached hydrogen (secondary N) is 1. The van der Waals surface area contributed by atoms with E-state index in [0.717, 1.165) is 22.6 Å². The van der Waals surface area contributed by atoms with Crippen molar-refractivity contribution in [3.8, 4) is 11.5 Å². The predicted octanol–water partition coefficient (Wildman–Crippen LogP) is 2.06. The third-order valence-corrected chi connectivity index (χ3v) is 3.70. The Hall–Kier alpha value is -1.86. The van der Waals surface area contributed by atoms with Crippen LogP contribution in [0.4, 0.5) is 5.69 Å². The minimum atomic E-state index is -0.493. The lowest BCUT2D eigenvalue weighted by Crippen LogP contribution is -2.36. The lowest BCUT2D eigenvalue weighted by molar-refractivity contribution is -0.117. The molecule has 7 heteroatoms. The highest BCUT2D eigenvalue weighted by molar-refractivity contribution is 7.98. The zero-order valence-electron chi connectivity index (χ0n) is 12.0. The van der Waals surface area contributed by atoms with Gasteiger partial charge in [-0.1, -0.05) is 0 Å². The summed E-state index contributed by atoms with van der Waals surface area (Å²) in [4.78, 5) is 12.0. The third-order valence-electron chi connectivity index (χ3n) is 3.06. The molecule has 0 fully saturated rings. The highest BCUT2D eigenvalue weighted by atomic mass is 32.2. The lowest BCUT2D eigenvalue weighted by atomic mass is 10.1. The van der Waals surface area contributed by atoms with Gasteiger partial charge in [-0.3, -0.25) is 4.79 Å². The van der Waals surface area contributed by atoms with E-state index in [-0.39, 0.29) is 5.91 Å². The first kappa shape index (κ1) is 15.5. The van der Waals surface area contributed by atoms with E-state index in [0.29, 0.717) is 12.3 Å². The Labute approximate surface area is 127 Å². The van der Waals surface area contributed by atoms with Gasteiger partial charge in [0, 0.05) is 11.3 Å². The van der Waals surface area contributed by atoms with Crippen molar-refractivity contribution in [3.05, 3.63) is 30.2 Å². The fourth-order valence-corrected chi connectivity index (χ4v) is 2.33. The van der Waals surface area contributed by atoms with Crippen molar-refractivity contribution < 1.29 is 9.21 Å². The smallest absolute Gasteiger partial charge is 0.247 e. The van der Waals surface area contributed by atoms with Crippen molar-refractivity contribution in [3.63, 3.8) is 0 Å². The van der Waals surface area contributed by atoms with E-state index in [9.17, 15) is 4.79 Å². The summed E-state index contributed by atoms with van der Waals surface area (Å²) in [5.74, 6) is 1.15. The average molecular weight is 306 g/mol. The van der Waals surface area contributed by atoms with Gasteiger partial charge in [-0.2, -0.15) is 11.8 Å². The van der Waals surface area contributed by atoms with Crippen molar-refractivity contribution in [1.29, 1.82) is 0 Å². The van der Waals surface area contributed by atoms with E-state index in [4.69, 9.17) is 10.2 Å². The first-order valence-electron chi connectivity index (χ1n) is 6.54. The number of rotatable bonds is 6. The molecule has 2 rings (SSSR count). The maximum Gasteiger partial charge on any atom is 0.247 e. The van der Waals surface area contributed by atoms with Gasteiger partial charge < -0.3 is 15.5 Å². The Morgan fingerprint density at radius 1 is 1.52 bits per heavy atom. The molecule has 0 radical (unpaired) electrons. The molecule has 1 amide bonds. The van der Waals surface area contributed by atoms with E-state index < -0.39 is 6.04 Å². The van der Waals surface area contributed by atoms with Crippen LogP contribution in [0.15, 0.2) is 29.0 Å². The molecule has 0 saturated heterocycles. The number of anilines is 1. The molecule has 0 aliphatic rings. The Morgan fingerprint density at radius 3 is 2.95 bits per heavy atom. The van der Waals surface area contributed by atoms with Crippen LogP contribution in [0.2, 0.25) is 0 Å². The Bertz CT molecular complexity index is 601. The fraction of sp³-hybridized carbons (Fsp3) is 0.357. The standard InChI is InChI=1S/C14H18N4O2S/c1-9-7-10(14-18-16-8-20-14)3-4-12(9)17-13(19)11(15)5-6-21-2/h3-4,7-8,11H,5-6,15H2,1-2H3,(H,17,19)/t11-/m0/s1. The van der Waals surface area contributed by atoms with Gasteiger partial charge in [-0.25, -0.2) is 0 Å². The quantitative estimate of drug-likeness (QED) is 0.848. The van der Waals surface area contributed by atoms with Crippen LogP contribution in [0, 0.1) is 6.92 Å². The minimum absolute atomic E-state index is 0.169. The number of hydrogen-bond donors (Lipinski definition) is 2. The number of nitrogens with zero attached hydrogens (tertiary/aromatic N) is 2. The first-order valence-corrected chi connectivity index (χ1v) is 7.93. The fourth-order valence-electron chi connectivity index (χ4n) is 1.84. The normalized spacial score (nSPS) is 12.1. The maximum atomic E-state index is 12.0. The van der Waals surface area contributed by atoms with Gasteiger partial charge in [-0.15, -0.1) is 10.2 Å². The van der Waals surface area contributed by atoms with Gasteiger partial charge in [0.05, 0.1) is 6.04 Å². The van der Waals surface area contributed by atoms with Crippen LogP contribution in [-0.2, 0) is 4.79 Å². The number of thioether (sulfide) groups is 1. The summed E-state index contributed by atoms with van der Waals surface area (Å²) in [6.45, 7) is 1.91. The molecule has 0 saturated carbocycles. The third kappa shape index (κ3) is 4.05. The van der Waals surface area contributed by atoms with Crippen LogP contribution in [0.1, 0.15) is 12.0 Å². The summed E-state index contributed by atoms with van der Waals surface area (Å²) in [5, 5.41) is 10.4. The van der Waals surface area contributed by atoms with Gasteiger partial charge in [-0.05, 0) is 49.1 Å². The van der Waals surface area contributed by atoms with Crippen LogP contribution in [-0.4, -0.2) is 34.2 Å². The molecule has 6 nitrogen and oxygen atoms in total. The Morgan fingerprint density at radius 2 is 2.33 bits per heavy atom. The summed E-state index contributed by atoms with van der Waals surface area (Å²) < 4.78 is 5.15. The minimum Gasteiger partial charge on any atom is -0.423 e. The SMILES string of the molecule is CSCC[C@H](N)C(=O)Nc1ccc(-c2nnco2)cc1C. The largest absolute Gasteiger partial charge is 0.423 e. The number of benzene rings is 1. The molecule has 21 heavy (non-hydrogen) atoms. The maximum absolute atomic E-state index is 12.0. The van der Waals surface area contributed by atoms with Gasteiger partial charge >= 0.3 is 0 Å². The summed E-state index contributed by atoms with van der Waals surface area (Å²) in [6, 6.07) is 5.03. The molecule has 1 atom stereocenters. The second-order valence-electron chi connectivity index (χ2n) is 4.65. The lowest BCUT2D eigenvalue weighted by Gasteiger charge is -2.13. The van der Waals surface area contributed by atoms with Crippen molar-refractivity contribution in [2.45, 2.75) is 19.4 Å². The van der Waals surface area contributed by atoms with Crippen LogP contribution >= 0.6 is 11.8 Å². The molecule has 112 valence electrons. The van der Waals surface area contributed by atoms with Gasteiger partial charge in [0.2, 0.25) is 18.2 Å². The molecule has 1 aromatic heterocycles. The van der Waals surface area contributed by atoms with E-state index in [2.05, 4.69) is 15.5 Å². The van der Waals surface area contributed by atoms with Crippen LogP contribution in [0.5, 0.6) is 0 Å². The predicted molar refractivity (Wildman–Crippen MR) is 84.1 cm³/mol. The van der Waals surface area contributed by atoms with Gasteiger partial charge in [0.15, 0.2) is 0 Å². The van der Waals surface area contributed by atoms with Crippen molar-refractivity contribution in [1.82, 2.24) is 10.2 Å². The molecule has 3 N–H and O–H groups in total. The molecule has 0 bridgehead atoms. The van der Waals surface area contributed by atoms with Crippen LogP contribution in [0.25, 0.3) is 11.5 Å². The molecule has 1 heterocycles. The highest BCUT2D eigenvalue weighted by Crippen LogP contribution is 2.23. The molecular formula is C14H18N4O2S. The average Bonchev–Trinajstić information content (AvgIpc) is 3.00. The number of aromatic nitrogens is 2. The second kappa shape index (κ2) is 7.24. The molecule has 0 aliphatic heterocycles. The Balaban J connectivity index is 2.06.